The minimum Gasteiger partial charge on any atom is -0.325 e. The number of nitrogens with two attached hydrogens (primary N) is 2. The molecule has 2 rings (SSSR count). The zero-order chi connectivity index (χ0) is 13.9. The van der Waals surface area contributed by atoms with E-state index < -0.39 is 5.54 Å². The van der Waals surface area contributed by atoms with Gasteiger partial charge < -0.3 is 11.5 Å². The van der Waals surface area contributed by atoms with Gasteiger partial charge in [0.15, 0.2) is 0 Å². The summed E-state index contributed by atoms with van der Waals surface area (Å²) < 4.78 is 0. The van der Waals surface area contributed by atoms with Crippen LogP contribution >= 0.6 is 0 Å². The van der Waals surface area contributed by atoms with Crippen molar-refractivity contribution in [3.05, 3.63) is 71.8 Å². The molecule has 2 aromatic rings. The van der Waals surface area contributed by atoms with Gasteiger partial charge in [0.1, 0.15) is 0 Å². The number of hydrogen-bond acceptors (Lipinski definition) is 2. The molecule has 19 heavy (non-hydrogen) atoms. The van der Waals surface area contributed by atoms with Crippen molar-refractivity contribution in [1.82, 2.24) is 0 Å². The summed E-state index contributed by atoms with van der Waals surface area (Å²) in [6.45, 7) is 4.22. The lowest BCUT2D eigenvalue weighted by Crippen LogP contribution is -2.55. The van der Waals surface area contributed by atoms with E-state index in [-0.39, 0.29) is 6.04 Å². The Balaban J connectivity index is 2.57. The summed E-state index contributed by atoms with van der Waals surface area (Å²) in [6.07, 6.45) is 0. The Morgan fingerprint density at radius 2 is 1.16 bits per heavy atom. The summed E-state index contributed by atoms with van der Waals surface area (Å²) in [5.74, 6) is 0.297. The van der Waals surface area contributed by atoms with Crippen molar-refractivity contribution in [1.29, 1.82) is 0 Å². The van der Waals surface area contributed by atoms with Crippen LogP contribution in [0.25, 0.3) is 0 Å². The van der Waals surface area contributed by atoms with Crippen molar-refractivity contribution in [3.63, 3.8) is 0 Å². The second kappa shape index (κ2) is 5.55. The zero-order valence-electron chi connectivity index (χ0n) is 11.6. The van der Waals surface area contributed by atoms with Crippen LogP contribution in [0.1, 0.15) is 25.0 Å². The smallest absolute Gasteiger partial charge is 0.0821 e. The van der Waals surface area contributed by atoms with Crippen LogP contribution in [0.15, 0.2) is 60.7 Å². The first-order valence-corrected chi connectivity index (χ1v) is 6.72. The fourth-order valence-electron chi connectivity index (χ4n) is 2.51. The maximum atomic E-state index is 6.76. The van der Waals surface area contributed by atoms with Crippen molar-refractivity contribution in [2.45, 2.75) is 25.4 Å². The molecule has 2 nitrogen and oxygen atoms in total. The summed E-state index contributed by atoms with van der Waals surface area (Å²) >= 11 is 0. The highest BCUT2D eigenvalue weighted by Crippen LogP contribution is 2.32. The lowest BCUT2D eigenvalue weighted by atomic mass is 9.74. The summed E-state index contributed by atoms with van der Waals surface area (Å²) in [7, 11) is 0. The van der Waals surface area contributed by atoms with Gasteiger partial charge in [-0.15, -0.1) is 0 Å². The van der Waals surface area contributed by atoms with E-state index in [1.807, 2.05) is 36.4 Å². The van der Waals surface area contributed by atoms with E-state index in [9.17, 15) is 0 Å². The van der Waals surface area contributed by atoms with E-state index in [0.29, 0.717) is 5.92 Å². The third-order valence-corrected chi connectivity index (χ3v) is 3.75. The van der Waals surface area contributed by atoms with Gasteiger partial charge in [-0.2, -0.15) is 0 Å². The SMILES string of the molecule is CC(C)C(N)C(N)(c1ccccc1)c1ccccc1. The maximum Gasteiger partial charge on any atom is 0.0821 e. The lowest BCUT2D eigenvalue weighted by molar-refractivity contribution is 0.337. The molecular formula is C17H22N2. The number of benzene rings is 2. The first-order valence-electron chi connectivity index (χ1n) is 6.72. The first-order chi connectivity index (χ1) is 9.06. The van der Waals surface area contributed by atoms with Crippen molar-refractivity contribution < 1.29 is 0 Å². The molecule has 4 N–H and O–H groups in total. The predicted molar refractivity (Wildman–Crippen MR) is 80.7 cm³/mol. The molecule has 0 aliphatic heterocycles. The highest BCUT2D eigenvalue weighted by atomic mass is 14.9. The molecule has 1 unspecified atom stereocenters. The standard InChI is InChI=1S/C17H22N2/c1-13(2)16(18)17(19,14-9-5-3-6-10-14)15-11-7-4-8-12-15/h3-13,16H,18-19H2,1-2H3. The minimum absolute atomic E-state index is 0.141. The average Bonchev–Trinajstić information content (AvgIpc) is 2.47. The molecule has 0 heterocycles. The van der Waals surface area contributed by atoms with Gasteiger partial charge in [0.2, 0.25) is 0 Å². The number of rotatable bonds is 4. The second-order valence-electron chi connectivity index (χ2n) is 5.37. The Morgan fingerprint density at radius 1 is 0.789 bits per heavy atom. The minimum atomic E-state index is -0.656. The van der Waals surface area contributed by atoms with Crippen LogP contribution in [0.4, 0.5) is 0 Å². The van der Waals surface area contributed by atoms with E-state index in [2.05, 4.69) is 38.1 Å². The molecule has 0 saturated heterocycles. The van der Waals surface area contributed by atoms with Crippen LogP contribution in [-0.4, -0.2) is 6.04 Å². The van der Waals surface area contributed by atoms with E-state index in [4.69, 9.17) is 11.5 Å². The first kappa shape index (κ1) is 13.8. The molecule has 0 fully saturated rings. The molecule has 1 atom stereocenters. The van der Waals surface area contributed by atoms with Crippen LogP contribution in [0, 0.1) is 5.92 Å². The highest BCUT2D eigenvalue weighted by Gasteiger charge is 2.37. The molecule has 0 bridgehead atoms. The topological polar surface area (TPSA) is 52.0 Å². The van der Waals surface area contributed by atoms with Gasteiger partial charge in [0.25, 0.3) is 0 Å². The Hall–Kier alpha value is -1.64. The Bertz CT molecular complexity index is 466. The molecule has 0 radical (unpaired) electrons. The molecule has 100 valence electrons. The molecule has 0 aliphatic rings. The molecular weight excluding hydrogens is 232 g/mol. The lowest BCUT2D eigenvalue weighted by Gasteiger charge is -2.38. The van der Waals surface area contributed by atoms with Gasteiger partial charge in [-0.25, -0.2) is 0 Å². The average molecular weight is 254 g/mol. The van der Waals surface area contributed by atoms with Gasteiger partial charge in [-0.05, 0) is 17.0 Å². The third kappa shape index (κ3) is 2.55. The van der Waals surface area contributed by atoms with Crippen LogP contribution in [-0.2, 0) is 5.54 Å². The van der Waals surface area contributed by atoms with Crippen molar-refractivity contribution in [2.24, 2.45) is 17.4 Å². The summed E-state index contributed by atoms with van der Waals surface area (Å²) in [5.41, 5.74) is 14.7. The third-order valence-electron chi connectivity index (χ3n) is 3.75. The predicted octanol–water partition coefficient (Wildman–Crippen LogP) is 2.87. The highest BCUT2D eigenvalue weighted by molar-refractivity contribution is 5.40. The van der Waals surface area contributed by atoms with Crippen molar-refractivity contribution in [3.8, 4) is 0 Å². The van der Waals surface area contributed by atoms with Gasteiger partial charge in [-0.3, -0.25) is 0 Å². The largest absolute Gasteiger partial charge is 0.325 e. The fraction of sp³-hybridized carbons (Fsp3) is 0.294. The van der Waals surface area contributed by atoms with Gasteiger partial charge in [0, 0.05) is 6.04 Å². The monoisotopic (exact) mass is 254 g/mol. The van der Waals surface area contributed by atoms with Crippen molar-refractivity contribution >= 4 is 0 Å². The molecule has 0 aliphatic carbocycles. The normalized spacial score (nSPS) is 13.5. The Kier molecular flexibility index (Phi) is 4.03. The van der Waals surface area contributed by atoms with Crippen LogP contribution in [0.5, 0.6) is 0 Å². The fourth-order valence-corrected chi connectivity index (χ4v) is 2.51. The molecule has 0 spiro atoms. The second-order valence-corrected chi connectivity index (χ2v) is 5.37. The summed E-state index contributed by atoms with van der Waals surface area (Å²) in [5, 5.41) is 0. The summed E-state index contributed by atoms with van der Waals surface area (Å²) in [4.78, 5) is 0. The Morgan fingerprint density at radius 3 is 1.47 bits per heavy atom. The van der Waals surface area contributed by atoms with Gasteiger partial charge in [0.05, 0.1) is 5.54 Å². The maximum absolute atomic E-state index is 6.76. The zero-order valence-corrected chi connectivity index (χ0v) is 11.6. The van der Waals surface area contributed by atoms with Crippen molar-refractivity contribution in [2.75, 3.05) is 0 Å². The van der Waals surface area contributed by atoms with Crippen LogP contribution in [0.2, 0.25) is 0 Å². The molecule has 0 saturated carbocycles. The van der Waals surface area contributed by atoms with Crippen LogP contribution in [0.3, 0.4) is 0 Å². The van der Waals surface area contributed by atoms with E-state index in [0.717, 1.165) is 11.1 Å². The van der Waals surface area contributed by atoms with E-state index >= 15 is 0 Å². The molecule has 2 heteroatoms. The van der Waals surface area contributed by atoms with E-state index in [1.165, 1.54) is 0 Å². The van der Waals surface area contributed by atoms with E-state index in [1.54, 1.807) is 0 Å². The molecule has 0 amide bonds. The number of hydrogen-bond donors (Lipinski definition) is 2. The summed E-state index contributed by atoms with van der Waals surface area (Å²) in [6, 6.07) is 20.1. The van der Waals surface area contributed by atoms with Gasteiger partial charge in [-0.1, -0.05) is 74.5 Å². The molecule has 0 aromatic heterocycles. The molecule has 2 aromatic carbocycles. The Labute approximate surface area is 115 Å². The van der Waals surface area contributed by atoms with Crippen LogP contribution < -0.4 is 11.5 Å². The van der Waals surface area contributed by atoms with Gasteiger partial charge >= 0.3 is 0 Å². The quantitative estimate of drug-likeness (QED) is 0.881.